The molecule has 0 saturated heterocycles. The number of thioether (sulfide) groups is 1. The van der Waals surface area contributed by atoms with Crippen molar-refractivity contribution in [1.29, 1.82) is 0 Å². The first kappa shape index (κ1) is 23.6. The number of aromatic nitrogens is 3. The summed E-state index contributed by atoms with van der Waals surface area (Å²) in [6.07, 6.45) is 3.87. The number of hydrogen-bond acceptors (Lipinski definition) is 5. The summed E-state index contributed by atoms with van der Waals surface area (Å²) in [4.78, 5) is 24.2. The summed E-state index contributed by atoms with van der Waals surface area (Å²) >= 11 is 7.38. The molecule has 2 amide bonds. The maximum Gasteiger partial charge on any atom is 0.244 e. The number of benzene rings is 2. The third-order valence-corrected chi connectivity index (χ3v) is 5.94. The zero-order valence-corrected chi connectivity index (χ0v) is 19.2. The summed E-state index contributed by atoms with van der Waals surface area (Å²) in [5, 5.41) is 15.1. The highest BCUT2D eigenvalue weighted by atomic mass is 35.5. The van der Waals surface area contributed by atoms with Crippen LogP contribution in [-0.4, -0.2) is 38.9 Å². The Balaban J connectivity index is 1.41. The van der Waals surface area contributed by atoms with E-state index in [0.29, 0.717) is 22.5 Å². The van der Waals surface area contributed by atoms with Gasteiger partial charge in [0.1, 0.15) is 0 Å². The van der Waals surface area contributed by atoms with Gasteiger partial charge in [-0.25, -0.2) is 0 Å². The normalized spacial score (nSPS) is 10.9. The topological polar surface area (TPSA) is 88.9 Å². The fraction of sp³-hybridized carbons (Fsp3) is 0.217. The van der Waals surface area contributed by atoms with Gasteiger partial charge in [0.25, 0.3) is 0 Å². The van der Waals surface area contributed by atoms with E-state index in [0.717, 1.165) is 12.0 Å². The monoisotopic (exact) mass is 469 g/mol. The standard InChI is InChI=1S/C23H24ClN5O2S/c1-29-20(15-26-21(30)12-11-18-9-5-6-10-19(18)24)27-28-23(29)32-16-22(31)25-14-13-17-7-3-2-4-8-17/h2-12H,13-16H2,1H3,(H,25,31)(H,26,30)/b12-11+. The van der Waals surface area contributed by atoms with Crippen molar-refractivity contribution in [3.05, 3.63) is 82.6 Å². The van der Waals surface area contributed by atoms with Crippen molar-refractivity contribution in [3.8, 4) is 0 Å². The van der Waals surface area contributed by atoms with Gasteiger partial charge in [0, 0.05) is 24.7 Å². The first-order valence-electron chi connectivity index (χ1n) is 10.0. The van der Waals surface area contributed by atoms with Crippen molar-refractivity contribution in [3.63, 3.8) is 0 Å². The molecule has 9 heteroatoms. The van der Waals surface area contributed by atoms with E-state index in [2.05, 4.69) is 20.8 Å². The average molecular weight is 470 g/mol. The number of halogens is 1. The summed E-state index contributed by atoms with van der Waals surface area (Å²) in [6.45, 7) is 0.806. The van der Waals surface area contributed by atoms with E-state index in [-0.39, 0.29) is 24.1 Å². The third-order valence-electron chi connectivity index (χ3n) is 4.58. The highest BCUT2D eigenvalue weighted by Crippen LogP contribution is 2.16. The summed E-state index contributed by atoms with van der Waals surface area (Å²) < 4.78 is 1.76. The van der Waals surface area contributed by atoms with Crippen molar-refractivity contribution in [1.82, 2.24) is 25.4 Å². The van der Waals surface area contributed by atoms with Crippen LogP contribution >= 0.6 is 23.4 Å². The van der Waals surface area contributed by atoms with Gasteiger partial charge in [-0.2, -0.15) is 0 Å². The van der Waals surface area contributed by atoms with Crippen LogP contribution in [0.3, 0.4) is 0 Å². The second kappa shape index (κ2) is 12.1. The molecule has 0 saturated carbocycles. The van der Waals surface area contributed by atoms with Gasteiger partial charge in [0.05, 0.1) is 12.3 Å². The predicted octanol–water partition coefficient (Wildman–Crippen LogP) is 3.25. The van der Waals surface area contributed by atoms with Gasteiger partial charge in [0.2, 0.25) is 11.8 Å². The molecule has 0 unspecified atom stereocenters. The number of nitrogens with zero attached hydrogens (tertiary/aromatic N) is 3. The number of amides is 2. The lowest BCUT2D eigenvalue weighted by atomic mass is 10.1. The van der Waals surface area contributed by atoms with Crippen molar-refractivity contribution >= 4 is 41.3 Å². The van der Waals surface area contributed by atoms with E-state index in [4.69, 9.17) is 11.6 Å². The largest absolute Gasteiger partial charge is 0.355 e. The Bertz CT molecular complexity index is 1090. The van der Waals surface area contributed by atoms with Gasteiger partial charge in [0.15, 0.2) is 11.0 Å². The molecule has 166 valence electrons. The number of carbonyl (C=O) groups excluding carboxylic acids is 2. The minimum absolute atomic E-state index is 0.0616. The zero-order chi connectivity index (χ0) is 22.8. The smallest absolute Gasteiger partial charge is 0.244 e. The van der Waals surface area contributed by atoms with Crippen LogP contribution in [-0.2, 0) is 29.6 Å². The maximum atomic E-state index is 12.1. The summed E-state index contributed by atoms with van der Waals surface area (Å²) in [5.41, 5.74) is 1.95. The molecule has 0 fully saturated rings. The first-order valence-corrected chi connectivity index (χ1v) is 11.4. The zero-order valence-electron chi connectivity index (χ0n) is 17.6. The molecule has 0 radical (unpaired) electrons. The molecule has 2 aromatic carbocycles. The van der Waals surface area contributed by atoms with Crippen molar-refractivity contribution in [2.45, 2.75) is 18.1 Å². The van der Waals surface area contributed by atoms with Gasteiger partial charge in [-0.1, -0.05) is 71.9 Å². The highest BCUT2D eigenvalue weighted by Gasteiger charge is 2.12. The Kier molecular flexibility index (Phi) is 8.89. The lowest BCUT2D eigenvalue weighted by Gasteiger charge is -2.06. The van der Waals surface area contributed by atoms with Gasteiger partial charge in [-0.15, -0.1) is 10.2 Å². The van der Waals surface area contributed by atoms with Crippen LogP contribution in [0.25, 0.3) is 6.08 Å². The Morgan fingerprint density at radius 3 is 2.59 bits per heavy atom. The average Bonchev–Trinajstić information content (AvgIpc) is 3.15. The summed E-state index contributed by atoms with van der Waals surface area (Å²) in [6, 6.07) is 17.3. The van der Waals surface area contributed by atoms with Crippen LogP contribution in [0, 0.1) is 0 Å². The van der Waals surface area contributed by atoms with Crippen LogP contribution in [0.2, 0.25) is 5.02 Å². The van der Waals surface area contributed by atoms with Gasteiger partial charge in [-0.05, 0) is 29.7 Å². The Morgan fingerprint density at radius 1 is 1.06 bits per heavy atom. The number of nitrogens with one attached hydrogen (secondary N) is 2. The van der Waals surface area contributed by atoms with E-state index in [9.17, 15) is 9.59 Å². The molecule has 7 nitrogen and oxygen atoms in total. The lowest BCUT2D eigenvalue weighted by Crippen LogP contribution is -2.27. The van der Waals surface area contributed by atoms with Crippen molar-refractivity contribution in [2.75, 3.05) is 12.3 Å². The van der Waals surface area contributed by atoms with Crippen LogP contribution in [0.5, 0.6) is 0 Å². The van der Waals surface area contributed by atoms with Crippen LogP contribution < -0.4 is 10.6 Å². The fourth-order valence-electron chi connectivity index (χ4n) is 2.80. The molecule has 0 aliphatic heterocycles. The molecule has 3 rings (SSSR count). The summed E-state index contributed by atoms with van der Waals surface area (Å²) in [5.74, 6) is 0.512. The number of rotatable bonds is 10. The molecule has 1 heterocycles. The quantitative estimate of drug-likeness (QED) is 0.351. The van der Waals surface area contributed by atoms with Gasteiger partial charge >= 0.3 is 0 Å². The van der Waals surface area contributed by atoms with Gasteiger partial charge in [-0.3, -0.25) is 9.59 Å². The van der Waals surface area contributed by atoms with E-state index < -0.39 is 0 Å². The molecule has 0 atom stereocenters. The second-order valence-electron chi connectivity index (χ2n) is 6.90. The van der Waals surface area contributed by atoms with Crippen molar-refractivity contribution in [2.24, 2.45) is 7.05 Å². The first-order chi connectivity index (χ1) is 15.5. The molecular formula is C23H24ClN5O2S. The van der Waals surface area contributed by atoms with Crippen LogP contribution in [0.4, 0.5) is 0 Å². The molecule has 0 bridgehead atoms. The second-order valence-corrected chi connectivity index (χ2v) is 8.25. The third kappa shape index (κ3) is 7.25. The summed E-state index contributed by atoms with van der Waals surface area (Å²) in [7, 11) is 1.80. The molecule has 0 aliphatic carbocycles. The van der Waals surface area contributed by atoms with Crippen molar-refractivity contribution < 1.29 is 9.59 Å². The molecule has 32 heavy (non-hydrogen) atoms. The fourth-order valence-corrected chi connectivity index (χ4v) is 3.76. The van der Waals surface area contributed by atoms with E-state index in [1.807, 2.05) is 48.5 Å². The lowest BCUT2D eigenvalue weighted by molar-refractivity contribution is -0.118. The van der Waals surface area contributed by atoms with Crippen LogP contribution in [0.15, 0.2) is 65.8 Å². The molecule has 0 spiro atoms. The Hall–Kier alpha value is -3.10. The molecule has 2 N–H and O–H groups in total. The SMILES string of the molecule is Cn1c(CNC(=O)/C=C/c2ccccc2Cl)nnc1SCC(=O)NCCc1ccccc1. The van der Waals surface area contributed by atoms with E-state index in [1.54, 1.807) is 23.8 Å². The minimum atomic E-state index is -0.264. The predicted molar refractivity (Wildman–Crippen MR) is 127 cm³/mol. The van der Waals surface area contributed by atoms with E-state index >= 15 is 0 Å². The van der Waals surface area contributed by atoms with E-state index in [1.165, 1.54) is 23.4 Å². The number of carbonyl (C=O) groups is 2. The van der Waals surface area contributed by atoms with Crippen LogP contribution in [0.1, 0.15) is 17.0 Å². The molecular weight excluding hydrogens is 446 g/mol. The minimum Gasteiger partial charge on any atom is -0.355 e. The number of hydrogen-bond donors (Lipinski definition) is 2. The highest BCUT2D eigenvalue weighted by molar-refractivity contribution is 7.99. The molecule has 3 aromatic rings. The molecule has 1 aromatic heterocycles. The van der Waals surface area contributed by atoms with Gasteiger partial charge < -0.3 is 15.2 Å². The molecule has 0 aliphatic rings. The Morgan fingerprint density at radius 2 is 1.81 bits per heavy atom. The Labute approximate surface area is 196 Å². The maximum absolute atomic E-state index is 12.1.